The van der Waals surface area contributed by atoms with Crippen molar-refractivity contribution in [3.8, 4) is 0 Å². The topological polar surface area (TPSA) is 77.3 Å². The van der Waals surface area contributed by atoms with Crippen molar-refractivity contribution in [2.45, 2.75) is 5.03 Å². The Bertz CT molecular complexity index is 471. The molecule has 104 valence electrons. The first-order chi connectivity index (χ1) is 8.45. The third kappa shape index (κ3) is 3.50. The van der Waals surface area contributed by atoms with Crippen molar-refractivity contribution in [1.82, 2.24) is 19.3 Å². The molecule has 18 heavy (non-hydrogen) atoms. The van der Waals surface area contributed by atoms with Crippen molar-refractivity contribution in [3.05, 3.63) is 4.60 Å². The van der Waals surface area contributed by atoms with Crippen LogP contribution in [-0.4, -0.2) is 59.9 Å². The van der Waals surface area contributed by atoms with Gasteiger partial charge in [0.15, 0.2) is 4.60 Å². The molecule has 1 aromatic rings. The molecule has 0 fully saturated rings. The predicted molar refractivity (Wildman–Crippen MR) is 73.1 cm³/mol. The summed E-state index contributed by atoms with van der Waals surface area (Å²) in [6.07, 6.45) is 0. The number of methoxy groups -OCH3 is 1. The Balaban J connectivity index is 3.09. The number of alkyl halides is 1. The first kappa shape index (κ1) is 16.0. The molecule has 0 atom stereocenters. The predicted octanol–water partition coefficient (Wildman–Crippen LogP) is 0.610. The van der Waals surface area contributed by atoms with Crippen LogP contribution in [0.1, 0.15) is 0 Å². The first-order valence-electron chi connectivity index (χ1n) is 5.05. The molecule has 0 aliphatic carbocycles. The van der Waals surface area contributed by atoms with Crippen LogP contribution >= 0.6 is 31.9 Å². The molecular weight excluding hydrogens is 392 g/mol. The summed E-state index contributed by atoms with van der Waals surface area (Å²) in [4.78, 5) is 0. The minimum Gasteiger partial charge on any atom is -0.383 e. The second kappa shape index (κ2) is 6.94. The fourth-order valence-corrected chi connectivity index (χ4v) is 4.48. The van der Waals surface area contributed by atoms with Gasteiger partial charge in [0.2, 0.25) is 5.03 Å². The summed E-state index contributed by atoms with van der Waals surface area (Å²) in [6.45, 7) is 0.959. The van der Waals surface area contributed by atoms with Gasteiger partial charge in [-0.3, -0.25) is 0 Å². The number of ether oxygens (including phenoxy) is 1. The quantitative estimate of drug-likeness (QED) is 0.621. The van der Waals surface area contributed by atoms with E-state index in [0.717, 1.165) is 0 Å². The lowest BCUT2D eigenvalue weighted by Gasteiger charge is -2.20. The van der Waals surface area contributed by atoms with E-state index in [4.69, 9.17) is 4.74 Å². The number of hydrogen-bond donors (Lipinski definition) is 0. The number of hydrogen-bond acceptors (Lipinski definition) is 5. The van der Waals surface area contributed by atoms with Crippen LogP contribution in [0.2, 0.25) is 0 Å². The standard InChI is InChI=1S/C8H14Br2N4O3S/c1-13-8(7(10)11-12-13)18(15,16)14(4-3-9)5-6-17-2/h3-6H2,1-2H3. The summed E-state index contributed by atoms with van der Waals surface area (Å²) in [5.74, 6) is 0. The van der Waals surface area contributed by atoms with E-state index in [-0.39, 0.29) is 16.2 Å². The molecule has 0 amide bonds. The molecule has 0 saturated carbocycles. The lowest BCUT2D eigenvalue weighted by molar-refractivity contribution is 0.180. The third-order valence-corrected chi connectivity index (χ3v) is 5.34. The zero-order valence-electron chi connectivity index (χ0n) is 10.0. The van der Waals surface area contributed by atoms with Crippen LogP contribution in [0.4, 0.5) is 0 Å². The van der Waals surface area contributed by atoms with Crippen molar-refractivity contribution < 1.29 is 13.2 Å². The Kier molecular flexibility index (Phi) is 6.18. The van der Waals surface area contributed by atoms with Gasteiger partial charge in [0.1, 0.15) is 0 Å². The van der Waals surface area contributed by atoms with Crippen molar-refractivity contribution >= 4 is 41.9 Å². The molecule has 0 saturated heterocycles. The fraction of sp³-hybridized carbons (Fsp3) is 0.750. The lowest BCUT2D eigenvalue weighted by Crippen LogP contribution is -2.36. The highest BCUT2D eigenvalue weighted by Gasteiger charge is 2.30. The second-order valence-corrected chi connectivity index (χ2v) is 6.79. The highest BCUT2D eigenvalue weighted by Crippen LogP contribution is 2.22. The summed E-state index contributed by atoms with van der Waals surface area (Å²) >= 11 is 6.34. The molecule has 1 aromatic heterocycles. The summed E-state index contributed by atoms with van der Waals surface area (Å²) < 4.78 is 32.6. The summed E-state index contributed by atoms with van der Waals surface area (Å²) in [7, 11) is -0.576. The van der Waals surface area contributed by atoms with Gasteiger partial charge >= 0.3 is 0 Å². The average Bonchev–Trinajstić information content (AvgIpc) is 2.64. The highest BCUT2D eigenvalue weighted by atomic mass is 79.9. The van der Waals surface area contributed by atoms with E-state index in [1.54, 1.807) is 0 Å². The van der Waals surface area contributed by atoms with Crippen molar-refractivity contribution in [2.75, 3.05) is 32.1 Å². The van der Waals surface area contributed by atoms with E-state index in [2.05, 4.69) is 42.2 Å². The molecular formula is C8H14Br2N4O3S. The van der Waals surface area contributed by atoms with Gasteiger partial charge < -0.3 is 4.74 Å². The maximum absolute atomic E-state index is 12.4. The molecule has 0 radical (unpaired) electrons. The van der Waals surface area contributed by atoms with Crippen molar-refractivity contribution in [2.24, 2.45) is 7.05 Å². The Morgan fingerprint density at radius 2 is 2.11 bits per heavy atom. The van der Waals surface area contributed by atoms with E-state index in [0.29, 0.717) is 18.5 Å². The molecule has 1 heterocycles. The van der Waals surface area contributed by atoms with Crippen LogP contribution in [0.15, 0.2) is 9.63 Å². The summed E-state index contributed by atoms with van der Waals surface area (Å²) in [5.41, 5.74) is 0. The number of rotatable bonds is 7. The van der Waals surface area contributed by atoms with Gasteiger partial charge in [-0.2, -0.15) is 4.31 Å². The monoisotopic (exact) mass is 404 g/mol. The van der Waals surface area contributed by atoms with E-state index in [1.165, 1.54) is 23.1 Å². The van der Waals surface area contributed by atoms with Crippen LogP contribution < -0.4 is 0 Å². The number of nitrogens with zero attached hydrogens (tertiary/aromatic N) is 4. The van der Waals surface area contributed by atoms with E-state index in [9.17, 15) is 8.42 Å². The second-order valence-electron chi connectivity index (χ2n) is 3.39. The SMILES string of the molecule is COCCN(CCBr)S(=O)(=O)c1c(Br)nnn1C. The van der Waals surface area contributed by atoms with Crippen LogP contribution in [0, 0.1) is 0 Å². The van der Waals surface area contributed by atoms with Crippen LogP contribution in [-0.2, 0) is 21.8 Å². The van der Waals surface area contributed by atoms with Crippen LogP contribution in [0.3, 0.4) is 0 Å². The normalized spacial score (nSPS) is 12.3. The average molecular weight is 406 g/mol. The van der Waals surface area contributed by atoms with Gasteiger partial charge in [0, 0.05) is 32.6 Å². The summed E-state index contributed by atoms with van der Waals surface area (Å²) in [6, 6.07) is 0. The maximum Gasteiger partial charge on any atom is 0.263 e. The van der Waals surface area contributed by atoms with Gasteiger partial charge in [-0.15, -0.1) is 5.10 Å². The lowest BCUT2D eigenvalue weighted by atomic mass is 10.6. The van der Waals surface area contributed by atoms with E-state index >= 15 is 0 Å². The molecule has 0 bridgehead atoms. The molecule has 10 heteroatoms. The molecule has 1 rings (SSSR count). The zero-order chi connectivity index (χ0) is 13.8. The molecule has 0 unspecified atom stereocenters. The number of sulfonamides is 1. The van der Waals surface area contributed by atoms with E-state index < -0.39 is 10.0 Å². The first-order valence-corrected chi connectivity index (χ1v) is 8.40. The highest BCUT2D eigenvalue weighted by molar-refractivity contribution is 9.10. The Hall–Kier alpha value is -0.0300. The Labute approximate surface area is 123 Å². The Morgan fingerprint density at radius 3 is 2.56 bits per heavy atom. The van der Waals surface area contributed by atoms with Gasteiger partial charge in [0.05, 0.1) is 6.61 Å². The van der Waals surface area contributed by atoms with Gasteiger partial charge in [-0.25, -0.2) is 13.1 Å². The Morgan fingerprint density at radius 1 is 1.44 bits per heavy atom. The van der Waals surface area contributed by atoms with Gasteiger partial charge in [-0.05, 0) is 15.9 Å². The van der Waals surface area contributed by atoms with Gasteiger partial charge in [-0.1, -0.05) is 21.1 Å². The smallest absolute Gasteiger partial charge is 0.263 e. The molecule has 7 nitrogen and oxygen atoms in total. The molecule has 0 aliphatic heterocycles. The van der Waals surface area contributed by atoms with Gasteiger partial charge in [0.25, 0.3) is 10.0 Å². The molecule has 0 aliphatic rings. The van der Waals surface area contributed by atoms with Crippen LogP contribution in [0.25, 0.3) is 0 Å². The zero-order valence-corrected chi connectivity index (χ0v) is 14.0. The van der Waals surface area contributed by atoms with Crippen molar-refractivity contribution in [1.29, 1.82) is 0 Å². The largest absolute Gasteiger partial charge is 0.383 e. The fourth-order valence-electron chi connectivity index (χ4n) is 1.36. The number of aromatic nitrogens is 3. The third-order valence-electron chi connectivity index (χ3n) is 2.20. The van der Waals surface area contributed by atoms with Crippen molar-refractivity contribution in [3.63, 3.8) is 0 Å². The molecule has 0 N–H and O–H groups in total. The maximum atomic E-state index is 12.4. The molecule has 0 aromatic carbocycles. The number of aryl methyl sites for hydroxylation is 1. The minimum atomic E-state index is -3.64. The van der Waals surface area contributed by atoms with E-state index in [1.807, 2.05) is 0 Å². The number of halogens is 2. The summed E-state index contributed by atoms with van der Waals surface area (Å²) in [5, 5.41) is 7.94. The van der Waals surface area contributed by atoms with Crippen LogP contribution in [0.5, 0.6) is 0 Å². The molecule has 0 spiro atoms. The minimum absolute atomic E-state index is 0.0413.